The minimum absolute atomic E-state index is 0.388. The average molecular weight is 215 g/mol. The minimum Gasteiger partial charge on any atom is -0.269 e. The van der Waals surface area contributed by atoms with Gasteiger partial charge in [0.1, 0.15) is 5.52 Å². The summed E-state index contributed by atoms with van der Waals surface area (Å²) in [5.74, 6) is -0.777. The number of carbonyl (C=O) groups excluding carboxylic acids is 2. The monoisotopic (exact) mass is 215 g/mol. The van der Waals surface area contributed by atoms with E-state index in [1.54, 1.807) is 18.2 Å². The van der Waals surface area contributed by atoms with Crippen LogP contribution in [0.2, 0.25) is 0 Å². The summed E-state index contributed by atoms with van der Waals surface area (Å²) in [7, 11) is 0. The van der Waals surface area contributed by atoms with E-state index in [0.717, 1.165) is 4.90 Å². The molecule has 0 bridgehead atoms. The topological polar surface area (TPSA) is 76.3 Å². The van der Waals surface area contributed by atoms with Gasteiger partial charge in [-0.1, -0.05) is 6.07 Å². The molecule has 0 radical (unpaired) electrons. The Morgan fingerprint density at radius 2 is 1.81 bits per heavy atom. The summed E-state index contributed by atoms with van der Waals surface area (Å²) in [6.07, 6.45) is 2.43. The standard InChI is InChI=1S/C10H5N3O3/c14-8-4-5-9(15)13(8)7-3-1-2-6-10(7)12-16-11-6/h1-5H. The molecule has 3 rings (SSSR count). The summed E-state index contributed by atoms with van der Waals surface area (Å²) in [5, 5.41) is 7.32. The molecule has 1 aliphatic heterocycles. The molecule has 2 amide bonds. The van der Waals surface area contributed by atoms with Gasteiger partial charge in [0.15, 0.2) is 5.52 Å². The largest absolute Gasteiger partial charge is 0.269 e. The van der Waals surface area contributed by atoms with Crippen molar-refractivity contribution in [3.8, 4) is 0 Å². The normalized spacial score (nSPS) is 15.4. The highest BCUT2D eigenvalue weighted by Gasteiger charge is 2.27. The molecule has 0 atom stereocenters. The van der Waals surface area contributed by atoms with E-state index in [1.807, 2.05) is 0 Å². The summed E-state index contributed by atoms with van der Waals surface area (Å²) in [6, 6.07) is 4.99. The third-order valence-corrected chi connectivity index (χ3v) is 2.31. The fraction of sp³-hybridized carbons (Fsp3) is 0. The highest BCUT2D eigenvalue weighted by molar-refractivity contribution is 6.29. The van der Waals surface area contributed by atoms with Crippen molar-refractivity contribution in [3.63, 3.8) is 0 Å². The molecule has 6 heteroatoms. The molecule has 0 saturated carbocycles. The van der Waals surface area contributed by atoms with Gasteiger partial charge in [-0.2, -0.15) is 0 Å². The highest BCUT2D eigenvalue weighted by atomic mass is 16.6. The Morgan fingerprint density at radius 1 is 1.06 bits per heavy atom. The van der Waals surface area contributed by atoms with Crippen LogP contribution in [-0.4, -0.2) is 22.1 Å². The molecule has 1 aliphatic rings. The van der Waals surface area contributed by atoms with Crippen LogP contribution in [0.4, 0.5) is 5.69 Å². The maximum Gasteiger partial charge on any atom is 0.258 e. The second-order valence-corrected chi connectivity index (χ2v) is 3.25. The van der Waals surface area contributed by atoms with E-state index >= 15 is 0 Å². The smallest absolute Gasteiger partial charge is 0.258 e. The molecule has 0 unspecified atom stereocenters. The molecule has 2 aromatic rings. The lowest BCUT2D eigenvalue weighted by Gasteiger charge is -2.12. The zero-order valence-corrected chi connectivity index (χ0v) is 7.95. The van der Waals surface area contributed by atoms with Gasteiger partial charge in [-0.25, -0.2) is 9.53 Å². The first-order valence-electron chi connectivity index (χ1n) is 4.55. The van der Waals surface area contributed by atoms with Crippen molar-refractivity contribution < 1.29 is 14.2 Å². The minimum atomic E-state index is -0.388. The number of benzene rings is 1. The van der Waals surface area contributed by atoms with E-state index in [1.165, 1.54) is 12.2 Å². The number of carbonyl (C=O) groups is 2. The molecule has 0 spiro atoms. The molecule has 1 aromatic carbocycles. The van der Waals surface area contributed by atoms with E-state index < -0.39 is 0 Å². The number of hydrogen-bond donors (Lipinski definition) is 0. The Kier molecular flexibility index (Phi) is 1.64. The third kappa shape index (κ3) is 1.07. The van der Waals surface area contributed by atoms with Crippen LogP contribution in [0.15, 0.2) is 35.0 Å². The number of nitrogens with zero attached hydrogens (tertiary/aromatic N) is 3. The van der Waals surface area contributed by atoms with E-state index in [-0.39, 0.29) is 11.8 Å². The lowest BCUT2D eigenvalue weighted by atomic mass is 10.2. The first-order valence-corrected chi connectivity index (χ1v) is 4.55. The van der Waals surface area contributed by atoms with Gasteiger partial charge in [-0.15, -0.1) is 0 Å². The fourth-order valence-electron chi connectivity index (χ4n) is 1.61. The Bertz CT molecular complexity index is 611. The number of fused-ring (bicyclic) bond motifs is 1. The molecule has 78 valence electrons. The first kappa shape index (κ1) is 8.78. The van der Waals surface area contributed by atoms with Crippen LogP contribution >= 0.6 is 0 Å². The third-order valence-electron chi connectivity index (χ3n) is 2.31. The molecule has 0 fully saturated rings. The maximum absolute atomic E-state index is 11.5. The van der Waals surface area contributed by atoms with Gasteiger partial charge >= 0.3 is 0 Å². The van der Waals surface area contributed by atoms with Gasteiger partial charge in [-0.3, -0.25) is 9.59 Å². The van der Waals surface area contributed by atoms with E-state index in [2.05, 4.69) is 14.9 Å². The SMILES string of the molecule is O=C1C=CC(=O)N1c1cccc2nonc12. The quantitative estimate of drug-likeness (QED) is 0.653. The highest BCUT2D eigenvalue weighted by Crippen LogP contribution is 2.26. The molecule has 6 nitrogen and oxygen atoms in total. The predicted molar refractivity (Wildman–Crippen MR) is 53.4 cm³/mol. The van der Waals surface area contributed by atoms with Crippen molar-refractivity contribution in [3.05, 3.63) is 30.4 Å². The molecule has 0 N–H and O–H groups in total. The van der Waals surface area contributed by atoms with Gasteiger partial charge in [0.25, 0.3) is 11.8 Å². The summed E-state index contributed by atoms with van der Waals surface area (Å²) < 4.78 is 4.57. The van der Waals surface area contributed by atoms with E-state index in [0.29, 0.717) is 16.7 Å². The zero-order chi connectivity index (χ0) is 11.1. The Labute approximate surface area is 89.1 Å². The number of aromatic nitrogens is 2. The van der Waals surface area contributed by atoms with Gasteiger partial charge in [-0.05, 0) is 22.4 Å². The van der Waals surface area contributed by atoms with Crippen LogP contribution in [-0.2, 0) is 9.59 Å². The van der Waals surface area contributed by atoms with Crippen LogP contribution in [0.5, 0.6) is 0 Å². The van der Waals surface area contributed by atoms with Crippen LogP contribution < -0.4 is 4.90 Å². The lowest BCUT2D eigenvalue weighted by Crippen LogP contribution is -2.29. The second kappa shape index (κ2) is 2.99. The molecular formula is C10H5N3O3. The summed E-state index contributed by atoms with van der Waals surface area (Å²) >= 11 is 0. The summed E-state index contributed by atoms with van der Waals surface area (Å²) in [4.78, 5) is 24.0. The molecule has 16 heavy (non-hydrogen) atoms. The number of amides is 2. The number of hydrogen-bond acceptors (Lipinski definition) is 5. The van der Waals surface area contributed by atoms with Crippen molar-refractivity contribution in [2.45, 2.75) is 0 Å². The molecule has 1 aromatic heterocycles. The molecule has 2 heterocycles. The number of imide groups is 1. The first-order chi connectivity index (χ1) is 7.77. The molecule has 0 saturated heterocycles. The van der Waals surface area contributed by atoms with Gasteiger partial charge < -0.3 is 0 Å². The van der Waals surface area contributed by atoms with Crippen LogP contribution in [0.1, 0.15) is 0 Å². The number of rotatable bonds is 1. The van der Waals surface area contributed by atoms with Crippen LogP contribution in [0, 0.1) is 0 Å². The Hall–Kier alpha value is -2.50. The van der Waals surface area contributed by atoms with E-state index in [9.17, 15) is 9.59 Å². The summed E-state index contributed by atoms with van der Waals surface area (Å²) in [5.41, 5.74) is 1.29. The fourth-order valence-corrected chi connectivity index (χ4v) is 1.61. The van der Waals surface area contributed by atoms with Crippen molar-refractivity contribution in [1.29, 1.82) is 0 Å². The summed E-state index contributed by atoms with van der Waals surface area (Å²) in [6.45, 7) is 0. The number of anilines is 1. The second-order valence-electron chi connectivity index (χ2n) is 3.25. The lowest BCUT2D eigenvalue weighted by molar-refractivity contribution is -0.119. The zero-order valence-electron chi connectivity index (χ0n) is 7.95. The Balaban J connectivity index is 2.23. The van der Waals surface area contributed by atoms with Gasteiger partial charge in [0.2, 0.25) is 0 Å². The van der Waals surface area contributed by atoms with E-state index in [4.69, 9.17) is 0 Å². The Morgan fingerprint density at radius 3 is 2.56 bits per heavy atom. The molecule has 0 aliphatic carbocycles. The van der Waals surface area contributed by atoms with Crippen LogP contribution in [0.3, 0.4) is 0 Å². The van der Waals surface area contributed by atoms with Gasteiger partial charge in [0.05, 0.1) is 5.69 Å². The van der Waals surface area contributed by atoms with Crippen molar-refractivity contribution in [2.24, 2.45) is 0 Å². The maximum atomic E-state index is 11.5. The predicted octanol–water partition coefficient (Wildman–Crippen LogP) is 0.652. The van der Waals surface area contributed by atoms with Crippen molar-refractivity contribution in [2.75, 3.05) is 4.90 Å². The van der Waals surface area contributed by atoms with Crippen molar-refractivity contribution in [1.82, 2.24) is 10.3 Å². The molecular weight excluding hydrogens is 210 g/mol. The van der Waals surface area contributed by atoms with Gasteiger partial charge in [0, 0.05) is 12.2 Å². The van der Waals surface area contributed by atoms with Crippen LogP contribution in [0.25, 0.3) is 11.0 Å². The average Bonchev–Trinajstić information content (AvgIpc) is 2.86. The van der Waals surface area contributed by atoms with Crippen molar-refractivity contribution >= 4 is 28.5 Å².